The first-order chi connectivity index (χ1) is 6.34. The summed E-state index contributed by atoms with van der Waals surface area (Å²) >= 11 is 0. The first-order valence-electron chi connectivity index (χ1n) is 3.93. The van der Waals surface area contributed by atoms with E-state index in [1.165, 1.54) is 0 Å². The molecule has 2 rings (SSSR count). The fraction of sp³-hybridized carbons (Fsp3) is 0. The number of ether oxygens (including phenoxy) is 1. The predicted octanol–water partition coefficient (Wildman–Crippen LogP) is 2.65. The maximum absolute atomic E-state index is 5.39. The minimum atomic E-state index is 0.353. The summed E-state index contributed by atoms with van der Waals surface area (Å²) in [7, 11) is 0. The number of para-hydroxylation sites is 1. The number of benzene rings is 1. The smallest absolute Gasteiger partial charge is 0.291 e. The Morgan fingerprint density at radius 1 is 1.00 bits per heavy atom. The van der Waals surface area contributed by atoms with Gasteiger partial charge in [-0.25, -0.2) is 0 Å². The van der Waals surface area contributed by atoms with Crippen molar-refractivity contribution in [2.24, 2.45) is 0 Å². The van der Waals surface area contributed by atoms with Gasteiger partial charge in [-0.1, -0.05) is 18.2 Å². The van der Waals surface area contributed by atoms with Crippen molar-refractivity contribution in [3.8, 4) is 11.7 Å². The summed E-state index contributed by atoms with van der Waals surface area (Å²) in [5, 5.41) is 0. The van der Waals surface area contributed by atoms with Crippen molar-refractivity contribution in [2.75, 3.05) is 5.73 Å². The van der Waals surface area contributed by atoms with Gasteiger partial charge in [-0.2, -0.15) is 0 Å². The minimum Gasteiger partial charge on any atom is -0.426 e. The Bertz CT molecular complexity index is 381. The molecule has 1 aromatic carbocycles. The highest BCUT2D eigenvalue weighted by molar-refractivity contribution is 5.31. The van der Waals surface area contributed by atoms with Crippen molar-refractivity contribution in [3.63, 3.8) is 0 Å². The molecule has 0 radical (unpaired) electrons. The van der Waals surface area contributed by atoms with E-state index in [1.807, 2.05) is 30.3 Å². The molecule has 1 aromatic heterocycles. The first-order valence-corrected chi connectivity index (χ1v) is 3.93. The van der Waals surface area contributed by atoms with Crippen LogP contribution >= 0.6 is 0 Å². The maximum atomic E-state index is 5.39. The van der Waals surface area contributed by atoms with Crippen LogP contribution in [0.1, 0.15) is 0 Å². The van der Waals surface area contributed by atoms with E-state index in [0.29, 0.717) is 11.8 Å². The van der Waals surface area contributed by atoms with Gasteiger partial charge in [0.15, 0.2) is 5.88 Å². The number of rotatable bonds is 2. The third kappa shape index (κ3) is 1.82. The molecule has 0 bridgehead atoms. The van der Waals surface area contributed by atoms with Crippen LogP contribution in [0.3, 0.4) is 0 Å². The van der Waals surface area contributed by atoms with E-state index in [0.717, 1.165) is 5.75 Å². The van der Waals surface area contributed by atoms with Crippen molar-refractivity contribution in [1.29, 1.82) is 0 Å². The Balaban J connectivity index is 2.15. The van der Waals surface area contributed by atoms with Crippen molar-refractivity contribution in [3.05, 3.63) is 42.5 Å². The van der Waals surface area contributed by atoms with Crippen molar-refractivity contribution >= 4 is 5.88 Å². The number of anilines is 1. The normalized spacial score (nSPS) is 9.85. The summed E-state index contributed by atoms with van der Waals surface area (Å²) in [6.45, 7) is 0. The van der Waals surface area contributed by atoms with E-state index < -0.39 is 0 Å². The van der Waals surface area contributed by atoms with Gasteiger partial charge in [0.25, 0.3) is 5.95 Å². The second-order valence-corrected chi connectivity index (χ2v) is 2.57. The number of furan rings is 1. The highest BCUT2D eigenvalue weighted by Gasteiger charge is 1.99. The van der Waals surface area contributed by atoms with E-state index in [4.69, 9.17) is 14.9 Å². The first kappa shape index (κ1) is 7.73. The zero-order valence-corrected chi connectivity index (χ0v) is 6.94. The van der Waals surface area contributed by atoms with Crippen LogP contribution in [-0.4, -0.2) is 0 Å². The van der Waals surface area contributed by atoms with Gasteiger partial charge in [0.05, 0.1) is 0 Å². The molecule has 66 valence electrons. The highest BCUT2D eigenvalue weighted by Crippen LogP contribution is 2.23. The molecule has 0 amide bonds. The molecule has 0 atom stereocenters. The number of hydrogen-bond acceptors (Lipinski definition) is 3. The number of nitrogens with two attached hydrogens (primary N) is 1. The van der Waals surface area contributed by atoms with Gasteiger partial charge in [-0.05, 0) is 12.1 Å². The Kier molecular flexibility index (Phi) is 1.92. The van der Waals surface area contributed by atoms with E-state index in [2.05, 4.69) is 0 Å². The van der Waals surface area contributed by atoms with Crippen LogP contribution in [0.15, 0.2) is 46.9 Å². The molecular formula is C10H9NO2. The third-order valence-corrected chi connectivity index (χ3v) is 1.56. The Morgan fingerprint density at radius 3 is 2.38 bits per heavy atom. The zero-order valence-electron chi connectivity index (χ0n) is 6.94. The molecule has 0 aliphatic heterocycles. The predicted molar refractivity (Wildman–Crippen MR) is 49.6 cm³/mol. The van der Waals surface area contributed by atoms with Gasteiger partial charge >= 0.3 is 0 Å². The monoisotopic (exact) mass is 175 g/mol. The van der Waals surface area contributed by atoms with Gasteiger partial charge in [-0.3, -0.25) is 0 Å². The lowest BCUT2D eigenvalue weighted by atomic mass is 10.3. The second kappa shape index (κ2) is 3.23. The van der Waals surface area contributed by atoms with E-state index in [1.54, 1.807) is 12.1 Å². The molecule has 1 heterocycles. The molecule has 2 aromatic rings. The maximum Gasteiger partial charge on any atom is 0.291 e. The lowest BCUT2D eigenvalue weighted by Gasteiger charge is -1.99. The molecule has 0 aliphatic carbocycles. The molecule has 2 N–H and O–H groups in total. The lowest BCUT2D eigenvalue weighted by molar-refractivity contribution is 0.353. The van der Waals surface area contributed by atoms with Gasteiger partial charge < -0.3 is 14.9 Å². The van der Waals surface area contributed by atoms with Gasteiger partial charge in [0, 0.05) is 12.1 Å². The van der Waals surface area contributed by atoms with Crippen LogP contribution < -0.4 is 10.5 Å². The molecule has 0 saturated heterocycles. The van der Waals surface area contributed by atoms with Crippen LogP contribution in [0.5, 0.6) is 11.7 Å². The van der Waals surface area contributed by atoms with Crippen LogP contribution in [0.25, 0.3) is 0 Å². The van der Waals surface area contributed by atoms with Gasteiger partial charge in [-0.15, -0.1) is 0 Å². The molecule has 0 aliphatic rings. The topological polar surface area (TPSA) is 48.4 Å². The van der Waals surface area contributed by atoms with E-state index in [9.17, 15) is 0 Å². The Hall–Kier alpha value is -1.90. The van der Waals surface area contributed by atoms with Gasteiger partial charge in [0.2, 0.25) is 0 Å². The minimum absolute atomic E-state index is 0.353. The standard InChI is InChI=1S/C10H9NO2/c11-9-6-7-10(13-9)12-8-4-2-1-3-5-8/h1-7H,11H2. The Labute approximate surface area is 75.7 Å². The summed E-state index contributed by atoms with van der Waals surface area (Å²) in [5.41, 5.74) is 5.39. The lowest BCUT2D eigenvalue weighted by Crippen LogP contribution is -1.80. The van der Waals surface area contributed by atoms with E-state index in [-0.39, 0.29) is 0 Å². The van der Waals surface area contributed by atoms with Gasteiger partial charge in [0.1, 0.15) is 5.75 Å². The summed E-state index contributed by atoms with van der Waals surface area (Å²) in [6, 6.07) is 12.7. The summed E-state index contributed by atoms with van der Waals surface area (Å²) in [5.74, 6) is 1.49. The Morgan fingerprint density at radius 2 is 1.77 bits per heavy atom. The molecular weight excluding hydrogens is 166 g/mol. The zero-order chi connectivity index (χ0) is 9.10. The van der Waals surface area contributed by atoms with Crippen LogP contribution in [-0.2, 0) is 0 Å². The fourth-order valence-corrected chi connectivity index (χ4v) is 0.994. The number of hydrogen-bond donors (Lipinski definition) is 1. The van der Waals surface area contributed by atoms with Crippen molar-refractivity contribution in [2.45, 2.75) is 0 Å². The van der Waals surface area contributed by atoms with Crippen LogP contribution in [0, 0.1) is 0 Å². The second-order valence-electron chi connectivity index (χ2n) is 2.57. The summed E-state index contributed by atoms with van der Waals surface area (Å²) in [4.78, 5) is 0. The molecule has 0 spiro atoms. The van der Waals surface area contributed by atoms with Crippen molar-refractivity contribution in [1.82, 2.24) is 0 Å². The SMILES string of the molecule is Nc1ccc(Oc2ccccc2)o1. The quantitative estimate of drug-likeness (QED) is 0.763. The summed E-state index contributed by atoms with van der Waals surface area (Å²) in [6.07, 6.45) is 0. The molecule has 0 fully saturated rings. The van der Waals surface area contributed by atoms with Crippen LogP contribution in [0.4, 0.5) is 5.88 Å². The average molecular weight is 175 g/mol. The van der Waals surface area contributed by atoms with E-state index >= 15 is 0 Å². The molecule has 0 saturated carbocycles. The average Bonchev–Trinajstić information content (AvgIpc) is 2.53. The van der Waals surface area contributed by atoms with Crippen LogP contribution in [0.2, 0.25) is 0 Å². The molecule has 0 unspecified atom stereocenters. The fourth-order valence-electron chi connectivity index (χ4n) is 0.994. The summed E-state index contributed by atoms with van der Waals surface area (Å²) < 4.78 is 10.4. The molecule has 13 heavy (non-hydrogen) atoms. The molecule has 3 nitrogen and oxygen atoms in total. The molecule has 3 heteroatoms. The van der Waals surface area contributed by atoms with Crippen molar-refractivity contribution < 1.29 is 9.15 Å². The number of nitrogen functional groups attached to an aromatic ring is 1. The largest absolute Gasteiger partial charge is 0.426 e. The highest BCUT2D eigenvalue weighted by atomic mass is 16.6. The third-order valence-electron chi connectivity index (χ3n) is 1.56.